The number of carbonyl (C=O) groups excluding carboxylic acids is 2. The van der Waals surface area contributed by atoms with E-state index in [1.807, 2.05) is 0 Å². The van der Waals surface area contributed by atoms with E-state index in [2.05, 4.69) is 20.7 Å². The van der Waals surface area contributed by atoms with E-state index in [1.54, 1.807) is 25.2 Å². The summed E-state index contributed by atoms with van der Waals surface area (Å²) in [6.45, 7) is 0.290. The quantitative estimate of drug-likeness (QED) is 0.795. The van der Waals surface area contributed by atoms with Crippen LogP contribution in [0.25, 0.3) is 0 Å². The summed E-state index contributed by atoms with van der Waals surface area (Å²) in [5, 5.41) is 0.374. The SMILES string of the molecule is COC(=O)CCN(C)C(=O)c1ccc(Br)cc1Cl. The van der Waals surface area contributed by atoms with Gasteiger partial charge in [0, 0.05) is 18.1 Å². The van der Waals surface area contributed by atoms with Crippen LogP contribution in [-0.4, -0.2) is 37.5 Å². The molecule has 0 fully saturated rings. The van der Waals surface area contributed by atoms with Gasteiger partial charge in [-0.15, -0.1) is 0 Å². The van der Waals surface area contributed by atoms with Gasteiger partial charge in [0.1, 0.15) is 0 Å². The third-order valence-corrected chi connectivity index (χ3v) is 3.19. The lowest BCUT2D eigenvalue weighted by atomic mass is 10.2. The number of nitrogens with zero attached hydrogens (tertiary/aromatic N) is 1. The molecule has 0 aliphatic heterocycles. The highest BCUT2D eigenvalue weighted by molar-refractivity contribution is 9.10. The van der Waals surface area contributed by atoms with E-state index in [0.717, 1.165) is 4.47 Å². The van der Waals surface area contributed by atoms with Crippen LogP contribution in [0.3, 0.4) is 0 Å². The van der Waals surface area contributed by atoms with Gasteiger partial charge in [0.2, 0.25) is 0 Å². The van der Waals surface area contributed by atoms with Crippen LogP contribution in [0.1, 0.15) is 16.8 Å². The second-order valence-corrected chi connectivity index (χ2v) is 5.00. The molecule has 18 heavy (non-hydrogen) atoms. The van der Waals surface area contributed by atoms with E-state index >= 15 is 0 Å². The number of amides is 1. The van der Waals surface area contributed by atoms with Crippen molar-refractivity contribution in [1.82, 2.24) is 4.90 Å². The van der Waals surface area contributed by atoms with Crippen LogP contribution < -0.4 is 0 Å². The van der Waals surface area contributed by atoms with Gasteiger partial charge in [0.05, 0.1) is 24.1 Å². The Morgan fingerprint density at radius 1 is 1.44 bits per heavy atom. The van der Waals surface area contributed by atoms with E-state index in [0.29, 0.717) is 10.6 Å². The van der Waals surface area contributed by atoms with Gasteiger partial charge in [-0.25, -0.2) is 0 Å². The number of carbonyl (C=O) groups is 2. The molecule has 0 heterocycles. The van der Waals surface area contributed by atoms with Crippen LogP contribution in [0, 0.1) is 0 Å². The smallest absolute Gasteiger partial charge is 0.307 e. The number of hydrogen-bond donors (Lipinski definition) is 0. The molecule has 0 aromatic heterocycles. The van der Waals surface area contributed by atoms with E-state index in [-0.39, 0.29) is 24.8 Å². The maximum Gasteiger partial charge on any atom is 0.307 e. The first kappa shape index (κ1) is 15.0. The molecule has 1 aromatic carbocycles. The van der Waals surface area contributed by atoms with Gasteiger partial charge in [-0.05, 0) is 18.2 Å². The van der Waals surface area contributed by atoms with Crippen molar-refractivity contribution >= 4 is 39.4 Å². The molecular formula is C12H13BrClNO3. The van der Waals surface area contributed by atoms with Crippen molar-refractivity contribution < 1.29 is 14.3 Å². The molecule has 6 heteroatoms. The minimum absolute atomic E-state index is 0.160. The Labute approximate surface area is 119 Å². The lowest BCUT2D eigenvalue weighted by Gasteiger charge is -2.17. The highest BCUT2D eigenvalue weighted by atomic mass is 79.9. The zero-order valence-electron chi connectivity index (χ0n) is 10.1. The Morgan fingerprint density at radius 3 is 2.67 bits per heavy atom. The van der Waals surface area contributed by atoms with Crippen molar-refractivity contribution in [2.45, 2.75) is 6.42 Å². The van der Waals surface area contributed by atoms with Crippen LogP contribution >= 0.6 is 27.5 Å². The minimum Gasteiger partial charge on any atom is -0.469 e. The number of esters is 1. The van der Waals surface area contributed by atoms with Crippen molar-refractivity contribution in [2.75, 3.05) is 20.7 Å². The first-order valence-electron chi connectivity index (χ1n) is 5.23. The Kier molecular flexibility index (Phi) is 5.62. The Balaban J connectivity index is 2.71. The summed E-state index contributed by atoms with van der Waals surface area (Å²) >= 11 is 9.26. The highest BCUT2D eigenvalue weighted by Crippen LogP contribution is 2.22. The lowest BCUT2D eigenvalue weighted by molar-refractivity contribution is -0.140. The predicted molar refractivity (Wildman–Crippen MR) is 72.7 cm³/mol. The van der Waals surface area contributed by atoms with Gasteiger partial charge < -0.3 is 9.64 Å². The van der Waals surface area contributed by atoms with Gasteiger partial charge in [-0.1, -0.05) is 27.5 Å². The summed E-state index contributed by atoms with van der Waals surface area (Å²) in [6.07, 6.45) is 0.160. The second kappa shape index (κ2) is 6.75. The molecule has 0 unspecified atom stereocenters. The average molecular weight is 335 g/mol. The molecule has 0 spiro atoms. The number of methoxy groups -OCH3 is 1. The fourth-order valence-corrected chi connectivity index (χ4v) is 2.09. The van der Waals surface area contributed by atoms with E-state index in [4.69, 9.17) is 11.6 Å². The number of halogens is 2. The molecule has 0 radical (unpaired) electrons. The summed E-state index contributed by atoms with van der Waals surface area (Å²) < 4.78 is 5.32. The van der Waals surface area contributed by atoms with Gasteiger partial charge in [0.25, 0.3) is 5.91 Å². The molecular weight excluding hydrogens is 321 g/mol. The molecule has 0 bridgehead atoms. The van der Waals surface area contributed by atoms with E-state index < -0.39 is 0 Å². The Morgan fingerprint density at radius 2 is 2.11 bits per heavy atom. The largest absolute Gasteiger partial charge is 0.469 e. The molecule has 0 saturated heterocycles. The Bertz CT molecular complexity index is 465. The third kappa shape index (κ3) is 3.99. The second-order valence-electron chi connectivity index (χ2n) is 3.68. The Hall–Kier alpha value is -1.07. The molecule has 0 N–H and O–H groups in total. The maximum absolute atomic E-state index is 12.1. The van der Waals surface area contributed by atoms with E-state index in [9.17, 15) is 9.59 Å². The van der Waals surface area contributed by atoms with Gasteiger partial charge in [-0.3, -0.25) is 9.59 Å². The van der Waals surface area contributed by atoms with Crippen LogP contribution in [0.2, 0.25) is 5.02 Å². The predicted octanol–water partition coefficient (Wildman–Crippen LogP) is 2.74. The highest BCUT2D eigenvalue weighted by Gasteiger charge is 2.16. The van der Waals surface area contributed by atoms with Gasteiger partial charge >= 0.3 is 5.97 Å². The first-order valence-corrected chi connectivity index (χ1v) is 6.40. The van der Waals surface area contributed by atoms with Crippen molar-refractivity contribution in [2.24, 2.45) is 0 Å². The molecule has 1 aromatic rings. The summed E-state index contributed by atoms with van der Waals surface area (Å²) in [5.74, 6) is -0.576. The maximum atomic E-state index is 12.1. The number of benzene rings is 1. The lowest BCUT2D eigenvalue weighted by Crippen LogP contribution is -2.29. The number of hydrogen-bond acceptors (Lipinski definition) is 3. The fraction of sp³-hybridized carbons (Fsp3) is 0.333. The molecule has 0 aliphatic carbocycles. The van der Waals surface area contributed by atoms with Crippen LogP contribution in [0.15, 0.2) is 22.7 Å². The van der Waals surface area contributed by atoms with Crippen molar-refractivity contribution in [3.8, 4) is 0 Å². The topological polar surface area (TPSA) is 46.6 Å². The standard InChI is InChI=1S/C12H13BrClNO3/c1-15(6-5-11(16)18-2)12(17)9-4-3-8(13)7-10(9)14/h3-4,7H,5-6H2,1-2H3. The van der Waals surface area contributed by atoms with Crippen LogP contribution in [0.5, 0.6) is 0 Å². The molecule has 98 valence electrons. The average Bonchev–Trinajstić information content (AvgIpc) is 2.34. The molecule has 1 rings (SSSR count). The minimum atomic E-state index is -0.350. The number of ether oxygens (including phenoxy) is 1. The molecule has 0 atom stereocenters. The summed E-state index contributed by atoms with van der Waals surface area (Å²) in [4.78, 5) is 24.5. The van der Waals surface area contributed by atoms with Crippen LogP contribution in [0.4, 0.5) is 0 Å². The monoisotopic (exact) mass is 333 g/mol. The zero-order chi connectivity index (χ0) is 13.7. The number of rotatable bonds is 4. The van der Waals surface area contributed by atoms with Crippen molar-refractivity contribution in [3.05, 3.63) is 33.3 Å². The third-order valence-electron chi connectivity index (χ3n) is 2.39. The van der Waals surface area contributed by atoms with Crippen molar-refractivity contribution in [1.29, 1.82) is 0 Å². The summed E-state index contributed by atoms with van der Waals surface area (Å²) in [6, 6.07) is 5.04. The summed E-state index contributed by atoms with van der Waals surface area (Å²) in [7, 11) is 2.93. The van der Waals surface area contributed by atoms with Gasteiger partial charge in [0.15, 0.2) is 0 Å². The van der Waals surface area contributed by atoms with Gasteiger partial charge in [-0.2, -0.15) is 0 Å². The van der Waals surface area contributed by atoms with E-state index in [1.165, 1.54) is 12.0 Å². The normalized spacial score (nSPS) is 10.0. The molecule has 0 aliphatic rings. The molecule has 4 nitrogen and oxygen atoms in total. The molecule has 0 saturated carbocycles. The summed E-state index contributed by atoms with van der Waals surface area (Å²) in [5.41, 5.74) is 0.409. The molecule has 1 amide bonds. The first-order chi connectivity index (χ1) is 8.45. The fourth-order valence-electron chi connectivity index (χ4n) is 1.33. The van der Waals surface area contributed by atoms with Crippen LogP contribution in [-0.2, 0) is 9.53 Å². The van der Waals surface area contributed by atoms with Crippen molar-refractivity contribution in [3.63, 3.8) is 0 Å². The zero-order valence-corrected chi connectivity index (χ0v) is 12.4.